The Kier molecular flexibility index (Phi) is 4.86. The highest BCUT2D eigenvalue weighted by Crippen LogP contribution is 2.35. The van der Waals surface area contributed by atoms with Crippen molar-refractivity contribution in [1.82, 2.24) is 4.90 Å². The molecule has 0 spiro atoms. The summed E-state index contributed by atoms with van der Waals surface area (Å²) >= 11 is 2.92. The molecule has 1 fully saturated rings. The van der Waals surface area contributed by atoms with Gasteiger partial charge in [-0.15, -0.1) is 0 Å². The van der Waals surface area contributed by atoms with Gasteiger partial charge in [0, 0.05) is 24.1 Å². The van der Waals surface area contributed by atoms with E-state index in [1.165, 1.54) is 6.07 Å². The van der Waals surface area contributed by atoms with E-state index in [0.717, 1.165) is 11.6 Å². The van der Waals surface area contributed by atoms with Gasteiger partial charge in [-0.05, 0) is 29.7 Å². The topological polar surface area (TPSA) is 3.24 Å². The summed E-state index contributed by atoms with van der Waals surface area (Å²) in [5.74, 6) is 0. The zero-order valence-corrected chi connectivity index (χ0v) is 12.3. The molecule has 0 N–H and O–H groups in total. The number of hydrogen-bond donors (Lipinski definition) is 0. The van der Waals surface area contributed by atoms with E-state index in [2.05, 4.69) is 20.8 Å². The molecule has 1 aliphatic rings. The smallest absolute Gasteiger partial charge is 0.295 e. The van der Waals surface area contributed by atoms with Crippen molar-refractivity contribution in [2.24, 2.45) is 0 Å². The van der Waals surface area contributed by atoms with Crippen LogP contribution in [0.1, 0.15) is 17.5 Å². The van der Waals surface area contributed by atoms with Crippen LogP contribution in [0, 0.1) is 0 Å². The second kappa shape index (κ2) is 6.26. The Bertz CT molecular complexity index is 502. The maximum Gasteiger partial charge on any atom is 0.417 e. The van der Waals surface area contributed by atoms with Gasteiger partial charge in [0.05, 0.1) is 12.2 Å². The molecule has 1 saturated heterocycles. The molecule has 20 heavy (non-hydrogen) atoms. The molecule has 1 aromatic carbocycles. The van der Waals surface area contributed by atoms with E-state index in [0.29, 0.717) is 31.6 Å². The molecule has 1 aromatic rings. The predicted molar refractivity (Wildman–Crippen MR) is 74.2 cm³/mol. The fourth-order valence-electron chi connectivity index (χ4n) is 2.15. The Morgan fingerprint density at radius 2 is 1.95 bits per heavy atom. The summed E-state index contributed by atoms with van der Waals surface area (Å²) in [5.41, 5.74) is 0.945. The van der Waals surface area contributed by atoms with Crippen LogP contribution in [0.3, 0.4) is 0 Å². The lowest BCUT2D eigenvalue weighted by Gasteiger charge is -2.33. The molecule has 0 amide bonds. The molecule has 6 heteroatoms. The standard InChI is InChI=1S/C14H14BrF4N/c15-13-3-2-10(7-12(13)14(17,18)19)6-11-8-20(9-11)5-1-4-16/h2-3,6-7H,1,4-5,8-9H2. The summed E-state index contributed by atoms with van der Waals surface area (Å²) in [6.07, 6.45) is -2.09. The minimum atomic E-state index is -4.36. The summed E-state index contributed by atoms with van der Waals surface area (Å²) in [7, 11) is 0. The molecule has 0 aromatic heterocycles. The van der Waals surface area contributed by atoms with Gasteiger partial charge in [-0.1, -0.05) is 28.1 Å². The van der Waals surface area contributed by atoms with Crippen molar-refractivity contribution in [2.45, 2.75) is 12.6 Å². The molecular weight excluding hydrogens is 338 g/mol. The largest absolute Gasteiger partial charge is 0.417 e. The molecule has 1 heterocycles. The predicted octanol–water partition coefficient (Wildman–Crippen LogP) is 4.53. The Labute approximate surface area is 123 Å². The first-order valence-corrected chi connectivity index (χ1v) is 7.04. The zero-order valence-electron chi connectivity index (χ0n) is 10.7. The highest BCUT2D eigenvalue weighted by atomic mass is 79.9. The van der Waals surface area contributed by atoms with E-state index >= 15 is 0 Å². The van der Waals surface area contributed by atoms with Gasteiger partial charge in [0.2, 0.25) is 0 Å². The number of halogens is 5. The summed E-state index contributed by atoms with van der Waals surface area (Å²) in [6, 6.07) is 4.20. The lowest BCUT2D eigenvalue weighted by Crippen LogP contribution is -2.40. The molecule has 0 aliphatic carbocycles. The number of likely N-dealkylation sites (tertiary alicyclic amines) is 1. The first-order chi connectivity index (χ1) is 9.40. The second-order valence-electron chi connectivity index (χ2n) is 4.79. The quantitative estimate of drug-likeness (QED) is 0.720. The minimum absolute atomic E-state index is 0.0466. The van der Waals surface area contributed by atoms with Crippen LogP contribution in [-0.2, 0) is 6.18 Å². The van der Waals surface area contributed by atoms with Crippen LogP contribution in [0.5, 0.6) is 0 Å². The van der Waals surface area contributed by atoms with Crippen LogP contribution in [0.2, 0.25) is 0 Å². The van der Waals surface area contributed by atoms with Gasteiger partial charge in [0.25, 0.3) is 0 Å². The Hall–Kier alpha value is -0.880. The minimum Gasteiger partial charge on any atom is -0.295 e. The van der Waals surface area contributed by atoms with E-state index in [1.807, 2.05) is 0 Å². The van der Waals surface area contributed by atoms with Gasteiger partial charge >= 0.3 is 6.18 Å². The van der Waals surface area contributed by atoms with E-state index in [-0.39, 0.29) is 11.1 Å². The first kappa shape index (κ1) is 15.5. The van der Waals surface area contributed by atoms with Crippen LogP contribution in [0.15, 0.2) is 28.2 Å². The number of hydrogen-bond acceptors (Lipinski definition) is 1. The summed E-state index contributed by atoms with van der Waals surface area (Å²) in [4.78, 5) is 2.06. The summed E-state index contributed by atoms with van der Waals surface area (Å²) in [6.45, 7) is 1.77. The van der Waals surface area contributed by atoms with Gasteiger partial charge in [-0.3, -0.25) is 9.29 Å². The van der Waals surface area contributed by atoms with Gasteiger partial charge in [-0.25, -0.2) is 0 Å². The summed E-state index contributed by atoms with van der Waals surface area (Å²) < 4.78 is 50.4. The molecule has 1 aliphatic heterocycles. The van der Waals surface area contributed by atoms with Crippen molar-refractivity contribution in [1.29, 1.82) is 0 Å². The lowest BCUT2D eigenvalue weighted by atomic mass is 10.0. The molecule has 2 rings (SSSR count). The fraction of sp³-hybridized carbons (Fsp3) is 0.429. The third-order valence-corrected chi connectivity index (χ3v) is 3.82. The first-order valence-electron chi connectivity index (χ1n) is 6.24. The molecule has 0 saturated carbocycles. The second-order valence-corrected chi connectivity index (χ2v) is 5.65. The van der Waals surface area contributed by atoms with Crippen LogP contribution < -0.4 is 0 Å². The molecule has 0 radical (unpaired) electrons. The van der Waals surface area contributed by atoms with Crippen molar-refractivity contribution in [3.8, 4) is 0 Å². The third kappa shape index (κ3) is 3.82. The van der Waals surface area contributed by atoms with E-state index < -0.39 is 11.7 Å². The van der Waals surface area contributed by atoms with Crippen LogP contribution in [0.4, 0.5) is 17.6 Å². The molecule has 0 bridgehead atoms. The average Bonchev–Trinajstić information content (AvgIpc) is 2.32. The molecule has 0 unspecified atom stereocenters. The number of alkyl halides is 4. The number of nitrogens with zero attached hydrogens (tertiary/aromatic N) is 1. The zero-order chi connectivity index (χ0) is 14.8. The Morgan fingerprint density at radius 3 is 2.55 bits per heavy atom. The van der Waals surface area contributed by atoms with Crippen LogP contribution in [-0.4, -0.2) is 31.2 Å². The van der Waals surface area contributed by atoms with Crippen molar-refractivity contribution < 1.29 is 17.6 Å². The molecular formula is C14H14BrF4N. The average molecular weight is 352 g/mol. The van der Waals surface area contributed by atoms with Crippen LogP contribution in [0.25, 0.3) is 6.08 Å². The van der Waals surface area contributed by atoms with Crippen LogP contribution >= 0.6 is 15.9 Å². The van der Waals surface area contributed by atoms with Gasteiger partial charge < -0.3 is 0 Å². The van der Waals surface area contributed by atoms with E-state index in [1.54, 1.807) is 12.1 Å². The maximum absolute atomic E-state index is 12.8. The SMILES string of the molecule is FCCCN1CC(=Cc2ccc(Br)c(C(F)(F)F)c2)C1. The highest BCUT2D eigenvalue weighted by molar-refractivity contribution is 9.10. The fourth-order valence-corrected chi connectivity index (χ4v) is 2.62. The number of rotatable bonds is 4. The van der Waals surface area contributed by atoms with Crippen molar-refractivity contribution in [2.75, 3.05) is 26.3 Å². The lowest BCUT2D eigenvalue weighted by molar-refractivity contribution is -0.138. The molecule has 1 nitrogen and oxygen atoms in total. The van der Waals surface area contributed by atoms with Crippen molar-refractivity contribution in [3.05, 3.63) is 39.4 Å². The van der Waals surface area contributed by atoms with E-state index in [9.17, 15) is 17.6 Å². The van der Waals surface area contributed by atoms with Gasteiger partial charge in [-0.2, -0.15) is 13.2 Å². The van der Waals surface area contributed by atoms with Crippen molar-refractivity contribution in [3.63, 3.8) is 0 Å². The van der Waals surface area contributed by atoms with Gasteiger partial charge in [0.15, 0.2) is 0 Å². The Balaban J connectivity index is 2.05. The molecule has 110 valence electrons. The van der Waals surface area contributed by atoms with Gasteiger partial charge in [0.1, 0.15) is 0 Å². The molecule has 0 atom stereocenters. The highest BCUT2D eigenvalue weighted by Gasteiger charge is 2.33. The third-order valence-electron chi connectivity index (χ3n) is 3.13. The summed E-state index contributed by atoms with van der Waals surface area (Å²) in [5, 5.41) is 0. The number of benzene rings is 1. The van der Waals surface area contributed by atoms with E-state index in [4.69, 9.17) is 0 Å². The maximum atomic E-state index is 12.8. The monoisotopic (exact) mass is 351 g/mol. The normalized spacial score (nSPS) is 16.1. The van der Waals surface area contributed by atoms with Crippen molar-refractivity contribution >= 4 is 22.0 Å². The Morgan fingerprint density at radius 1 is 1.25 bits per heavy atom.